The first-order valence-electron chi connectivity index (χ1n) is 7.09. The van der Waals surface area contributed by atoms with Crippen molar-refractivity contribution in [2.45, 2.75) is 45.9 Å². The van der Waals surface area contributed by atoms with E-state index in [-0.39, 0.29) is 11.8 Å². The van der Waals surface area contributed by atoms with E-state index >= 15 is 0 Å². The van der Waals surface area contributed by atoms with Crippen LogP contribution in [0.1, 0.15) is 32.8 Å². The van der Waals surface area contributed by atoms with Gasteiger partial charge in [0.1, 0.15) is 12.1 Å². The Hall–Kier alpha value is -1.88. The highest BCUT2D eigenvalue weighted by atomic mass is 16.5. The largest absolute Gasteiger partial charge is 0.480 e. The molecule has 1 rings (SSSR count). The molecule has 1 aromatic carbocycles. The summed E-state index contributed by atoms with van der Waals surface area (Å²) in [6, 6.07) is 8.64. The Morgan fingerprint density at radius 2 is 1.81 bits per heavy atom. The summed E-state index contributed by atoms with van der Waals surface area (Å²) < 4.78 is 5.68. The maximum absolute atomic E-state index is 12.1. The number of rotatable bonds is 8. The zero-order valence-electron chi connectivity index (χ0n) is 12.7. The second kappa shape index (κ2) is 8.42. The molecule has 0 aliphatic heterocycles. The summed E-state index contributed by atoms with van der Waals surface area (Å²) in [6.45, 7) is 5.75. The Morgan fingerprint density at radius 3 is 2.33 bits per heavy atom. The third-order valence-corrected chi connectivity index (χ3v) is 3.00. The minimum Gasteiger partial charge on any atom is -0.480 e. The molecule has 0 bridgehead atoms. The molecule has 5 heteroatoms. The Kier molecular flexibility index (Phi) is 6.88. The molecule has 0 aliphatic carbocycles. The molecule has 1 amide bonds. The molecule has 2 N–H and O–H groups in total. The van der Waals surface area contributed by atoms with E-state index in [4.69, 9.17) is 9.84 Å². The van der Waals surface area contributed by atoms with E-state index in [1.807, 2.05) is 44.2 Å². The first-order chi connectivity index (χ1) is 9.90. The summed E-state index contributed by atoms with van der Waals surface area (Å²) in [5.41, 5.74) is 0.977. The van der Waals surface area contributed by atoms with Crippen LogP contribution in [-0.4, -0.2) is 29.1 Å². The van der Waals surface area contributed by atoms with E-state index in [2.05, 4.69) is 5.32 Å². The average molecular weight is 293 g/mol. The smallest absolute Gasteiger partial charge is 0.325 e. The van der Waals surface area contributed by atoms with Gasteiger partial charge in [0.2, 0.25) is 5.91 Å². The highest BCUT2D eigenvalue weighted by Crippen LogP contribution is 2.12. The fourth-order valence-electron chi connectivity index (χ4n) is 1.82. The molecule has 116 valence electrons. The predicted octanol–water partition coefficient (Wildman–Crippen LogP) is 2.21. The van der Waals surface area contributed by atoms with Gasteiger partial charge in [0.15, 0.2) is 0 Å². The number of carboxylic acid groups (broad SMARTS) is 1. The predicted molar refractivity (Wildman–Crippen MR) is 79.7 cm³/mol. The molecule has 0 saturated heterocycles. The van der Waals surface area contributed by atoms with Crippen LogP contribution >= 0.6 is 0 Å². The summed E-state index contributed by atoms with van der Waals surface area (Å²) in [6.07, 6.45) is -0.0997. The molecular weight excluding hydrogens is 270 g/mol. The molecule has 0 saturated carbocycles. The summed E-state index contributed by atoms with van der Waals surface area (Å²) >= 11 is 0. The first kappa shape index (κ1) is 17.2. The van der Waals surface area contributed by atoms with E-state index in [1.54, 1.807) is 0 Å². The maximum atomic E-state index is 12.1. The van der Waals surface area contributed by atoms with Crippen molar-refractivity contribution in [3.05, 3.63) is 35.9 Å². The van der Waals surface area contributed by atoms with Crippen LogP contribution in [-0.2, 0) is 20.9 Å². The number of hydrogen-bond acceptors (Lipinski definition) is 3. The number of amides is 1. The van der Waals surface area contributed by atoms with Crippen molar-refractivity contribution in [1.82, 2.24) is 5.32 Å². The van der Waals surface area contributed by atoms with Crippen molar-refractivity contribution >= 4 is 11.9 Å². The number of carbonyl (C=O) groups is 2. The number of aliphatic carboxylic acids is 1. The topological polar surface area (TPSA) is 75.6 Å². The second-order valence-electron chi connectivity index (χ2n) is 5.48. The van der Waals surface area contributed by atoms with Gasteiger partial charge in [-0.05, 0) is 24.8 Å². The minimum absolute atomic E-state index is 0.275. The van der Waals surface area contributed by atoms with Crippen LogP contribution in [0.3, 0.4) is 0 Å². The lowest BCUT2D eigenvalue weighted by Gasteiger charge is -2.20. The van der Waals surface area contributed by atoms with Crippen LogP contribution in [0.15, 0.2) is 30.3 Å². The number of nitrogens with one attached hydrogen (secondary N) is 1. The standard InChI is InChI=1S/C16H23NO4/c1-11(2)9-14(15(18)17-12(3)16(19)20)21-10-13-7-5-4-6-8-13/h4-8,11-12,14H,9-10H2,1-3H3,(H,17,18)(H,19,20)/t12-,14-/m0/s1. The number of benzene rings is 1. The zero-order chi connectivity index (χ0) is 15.8. The van der Waals surface area contributed by atoms with Gasteiger partial charge in [-0.3, -0.25) is 9.59 Å². The van der Waals surface area contributed by atoms with Gasteiger partial charge in [0.05, 0.1) is 6.61 Å². The lowest BCUT2D eigenvalue weighted by atomic mass is 10.0. The van der Waals surface area contributed by atoms with Crippen LogP contribution in [0.2, 0.25) is 0 Å². The van der Waals surface area contributed by atoms with Gasteiger partial charge in [-0.1, -0.05) is 44.2 Å². The van der Waals surface area contributed by atoms with E-state index in [0.717, 1.165) is 5.56 Å². The van der Waals surface area contributed by atoms with Gasteiger partial charge < -0.3 is 15.2 Å². The number of ether oxygens (including phenoxy) is 1. The van der Waals surface area contributed by atoms with Gasteiger partial charge in [-0.25, -0.2) is 0 Å². The molecule has 21 heavy (non-hydrogen) atoms. The van der Waals surface area contributed by atoms with E-state index < -0.39 is 18.1 Å². The fraction of sp³-hybridized carbons (Fsp3) is 0.500. The first-order valence-corrected chi connectivity index (χ1v) is 7.09. The van der Waals surface area contributed by atoms with Crippen LogP contribution in [0.5, 0.6) is 0 Å². The Bertz CT molecular complexity index is 459. The summed E-state index contributed by atoms with van der Waals surface area (Å²) in [5, 5.41) is 11.3. The average Bonchev–Trinajstić information content (AvgIpc) is 2.43. The molecule has 0 unspecified atom stereocenters. The van der Waals surface area contributed by atoms with Crippen molar-refractivity contribution in [3.63, 3.8) is 0 Å². The molecule has 0 heterocycles. The van der Waals surface area contributed by atoms with Crippen molar-refractivity contribution < 1.29 is 19.4 Å². The lowest BCUT2D eigenvalue weighted by molar-refractivity contribution is -0.144. The van der Waals surface area contributed by atoms with Gasteiger partial charge in [-0.15, -0.1) is 0 Å². The third-order valence-electron chi connectivity index (χ3n) is 3.00. The van der Waals surface area contributed by atoms with Crippen LogP contribution in [0, 0.1) is 5.92 Å². The Labute approximate surface area is 125 Å². The number of carboxylic acids is 1. The van der Waals surface area contributed by atoms with Crippen molar-refractivity contribution in [2.75, 3.05) is 0 Å². The summed E-state index contributed by atoms with van der Waals surface area (Å²) in [7, 11) is 0. The molecule has 0 spiro atoms. The SMILES string of the molecule is CC(C)C[C@H](OCc1ccccc1)C(=O)N[C@@H](C)C(=O)O. The third kappa shape index (κ3) is 6.40. The number of hydrogen-bond donors (Lipinski definition) is 2. The van der Waals surface area contributed by atoms with Crippen LogP contribution < -0.4 is 5.32 Å². The fourth-order valence-corrected chi connectivity index (χ4v) is 1.82. The van der Waals surface area contributed by atoms with Gasteiger partial charge >= 0.3 is 5.97 Å². The van der Waals surface area contributed by atoms with Crippen molar-refractivity contribution in [1.29, 1.82) is 0 Å². The minimum atomic E-state index is -1.06. The Morgan fingerprint density at radius 1 is 1.19 bits per heavy atom. The molecule has 2 atom stereocenters. The van der Waals surface area contributed by atoms with E-state index in [1.165, 1.54) is 6.92 Å². The molecule has 5 nitrogen and oxygen atoms in total. The lowest BCUT2D eigenvalue weighted by Crippen LogP contribution is -2.45. The van der Waals surface area contributed by atoms with E-state index in [9.17, 15) is 9.59 Å². The van der Waals surface area contributed by atoms with E-state index in [0.29, 0.717) is 13.0 Å². The monoisotopic (exact) mass is 293 g/mol. The molecule has 0 aliphatic rings. The van der Waals surface area contributed by atoms with Crippen LogP contribution in [0.4, 0.5) is 0 Å². The maximum Gasteiger partial charge on any atom is 0.325 e. The molecule has 1 aromatic rings. The van der Waals surface area contributed by atoms with Crippen molar-refractivity contribution in [2.24, 2.45) is 5.92 Å². The highest BCUT2D eigenvalue weighted by molar-refractivity contribution is 5.86. The second-order valence-corrected chi connectivity index (χ2v) is 5.48. The summed E-state index contributed by atoms with van der Waals surface area (Å²) in [4.78, 5) is 22.9. The quantitative estimate of drug-likeness (QED) is 0.770. The van der Waals surface area contributed by atoms with Crippen molar-refractivity contribution in [3.8, 4) is 0 Å². The van der Waals surface area contributed by atoms with Gasteiger partial charge in [0, 0.05) is 0 Å². The molecule has 0 fully saturated rings. The van der Waals surface area contributed by atoms with Gasteiger partial charge in [0.25, 0.3) is 0 Å². The molecule has 0 aromatic heterocycles. The highest BCUT2D eigenvalue weighted by Gasteiger charge is 2.24. The Balaban J connectivity index is 2.62. The number of carbonyl (C=O) groups excluding carboxylic acids is 1. The normalized spacial score (nSPS) is 13.7. The molecule has 0 radical (unpaired) electrons. The molecular formula is C16H23NO4. The zero-order valence-corrected chi connectivity index (χ0v) is 12.7. The summed E-state index contributed by atoms with van der Waals surface area (Å²) in [5.74, 6) is -1.17. The van der Waals surface area contributed by atoms with Crippen LogP contribution in [0.25, 0.3) is 0 Å². The van der Waals surface area contributed by atoms with Gasteiger partial charge in [-0.2, -0.15) is 0 Å².